The summed E-state index contributed by atoms with van der Waals surface area (Å²) in [6, 6.07) is 0.423. The van der Waals surface area contributed by atoms with Gasteiger partial charge in [-0.05, 0) is 19.5 Å². The Morgan fingerprint density at radius 2 is 1.93 bits per heavy atom. The largest absolute Gasteiger partial charge is 0.395 e. The van der Waals surface area contributed by atoms with Gasteiger partial charge in [-0.1, -0.05) is 13.8 Å². The summed E-state index contributed by atoms with van der Waals surface area (Å²) >= 11 is 0. The number of alkyl halides is 2. The Morgan fingerprint density at radius 3 is 2.40 bits per heavy atom. The van der Waals surface area contributed by atoms with Gasteiger partial charge in [-0.2, -0.15) is 0 Å². The summed E-state index contributed by atoms with van der Waals surface area (Å²) in [5, 5.41) is 11.9. The van der Waals surface area contributed by atoms with Crippen molar-refractivity contribution in [2.75, 3.05) is 32.8 Å². The molecule has 0 radical (unpaired) electrons. The van der Waals surface area contributed by atoms with E-state index in [1.807, 2.05) is 13.8 Å². The fourth-order valence-electron chi connectivity index (χ4n) is 1.32. The van der Waals surface area contributed by atoms with Gasteiger partial charge >= 0.3 is 0 Å². The van der Waals surface area contributed by atoms with Gasteiger partial charge in [-0.25, -0.2) is 8.78 Å². The van der Waals surface area contributed by atoms with E-state index >= 15 is 0 Å². The summed E-state index contributed by atoms with van der Waals surface area (Å²) in [6.07, 6.45) is -1.50. The standard InChI is InChI=1S/C10H22F2N2O/c1-9(2)13-4-3-5-14(6-7-15)8-10(11)12/h9-10,13,15H,3-8H2,1-2H3. The first-order valence-electron chi connectivity index (χ1n) is 5.41. The molecule has 0 aliphatic carbocycles. The number of nitrogens with one attached hydrogen (secondary N) is 1. The summed E-state index contributed by atoms with van der Waals surface area (Å²) in [5.74, 6) is 0. The fourth-order valence-corrected chi connectivity index (χ4v) is 1.32. The highest BCUT2D eigenvalue weighted by Gasteiger charge is 2.10. The quantitative estimate of drug-likeness (QED) is 0.572. The topological polar surface area (TPSA) is 35.5 Å². The number of nitrogens with zero attached hydrogens (tertiary/aromatic N) is 1. The first-order valence-corrected chi connectivity index (χ1v) is 5.41. The third-order valence-corrected chi connectivity index (χ3v) is 2.02. The number of aliphatic hydroxyl groups excluding tert-OH is 1. The number of halogens is 2. The maximum absolute atomic E-state index is 12.1. The highest BCUT2D eigenvalue weighted by atomic mass is 19.3. The van der Waals surface area contributed by atoms with Crippen LogP contribution in [-0.4, -0.2) is 55.3 Å². The summed E-state index contributed by atoms with van der Waals surface area (Å²) in [7, 11) is 0. The van der Waals surface area contributed by atoms with Crippen LogP contribution in [0, 0.1) is 0 Å². The van der Waals surface area contributed by atoms with Gasteiger partial charge < -0.3 is 10.4 Å². The molecule has 0 aliphatic heterocycles. The van der Waals surface area contributed by atoms with E-state index in [0.29, 0.717) is 19.1 Å². The van der Waals surface area contributed by atoms with E-state index in [1.165, 1.54) is 0 Å². The van der Waals surface area contributed by atoms with Gasteiger partial charge in [0, 0.05) is 12.6 Å². The molecule has 0 aromatic carbocycles. The molecule has 0 saturated heterocycles. The van der Waals surface area contributed by atoms with E-state index in [4.69, 9.17) is 5.11 Å². The Labute approximate surface area is 90.5 Å². The average Bonchev–Trinajstić information content (AvgIpc) is 2.11. The maximum Gasteiger partial charge on any atom is 0.251 e. The van der Waals surface area contributed by atoms with Gasteiger partial charge in [0.15, 0.2) is 0 Å². The maximum atomic E-state index is 12.1. The molecule has 92 valence electrons. The second kappa shape index (κ2) is 9.00. The fraction of sp³-hybridized carbons (Fsp3) is 1.00. The molecule has 2 N–H and O–H groups in total. The van der Waals surface area contributed by atoms with Crippen molar-refractivity contribution in [1.82, 2.24) is 10.2 Å². The van der Waals surface area contributed by atoms with Crippen LogP contribution in [0.25, 0.3) is 0 Å². The van der Waals surface area contributed by atoms with E-state index in [-0.39, 0.29) is 13.2 Å². The lowest BCUT2D eigenvalue weighted by atomic mass is 10.3. The molecule has 0 rings (SSSR count). The van der Waals surface area contributed by atoms with Crippen molar-refractivity contribution in [3.63, 3.8) is 0 Å². The van der Waals surface area contributed by atoms with E-state index in [1.54, 1.807) is 4.90 Å². The van der Waals surface area contributed by atoms with Crippen LogP contribution in [0.5, 0.6) is 0 Å². The van der Waals surface area contributed by atoms with Crippen molar-refractivity contribution in [2.45, 2.75) is 32.7 Å². The number of aliphatic hydroxyl groups is 1. The molecule has 5 heteroatoms. The van der Waals surface area contributed by atoms with Crippen LogP contribution in [0.1, 0.15) is 20.3 Å². The van der Waals surface area contributed by atoms with Crippen LogP contribution in [0.2, 0.25) is 0 Å². The zero-order valence-electron chi connectivity index (χ0n) is 9.55. The Hall–Kier alpha value is -0.260. The van der Waals surface area contributed by atoms with Gasteiger partial charge in [0.1, 0.15) is 0 Å². The molecular formula is C10H22F2N2O. The summed E-state index contributed by atoms with van der Waals surface area (Å²) < 4.78 is 24.2. The van der Waals surface area contributed by atoms with Crippen LogP contribution in [0.15, 0.2) is 0 Å². The molecule has 15 heavy (non-hydrogen) atoms. The molecule has 3 nitrogen and oxygen atoms in total. The number of hydrogen-bond donors (Lipinski definition) is 2. The Kier molecular flexibility index (Phi) is 8.85. The average molecular weight is 224 g/mol. The Morgan fingerprint density at radius 1 is 1.27 bits per heavy atom. The molecular weight excluding hydrogens is 202 g/mol. The van der Waals surface area contributed by atoms with Gasteiger partial charge in [0.2, 0.25) is 0 Å². The van der Waals surface area contributed by atoms with Crippen molar-refractivity contribution < 1.29 is 13.9 Å². The minimum absolute atomic E-state index is 0.0651. The smallest absolute Gasteiger partial charge is 0.251 e. The first kappa shape index (κ1) is 14.7. The molecule has 0 aromatic rings. The first-order chi connectivity index (χ1) is 7.06. The van der Waals surface area contributed by atoms with Gasteiger partial charge in [0.05, 0.1) is 13.2 Å². The van der Waals surface area contributed by atoms with E-state index in [2.05, 4.69) is 5.32 Å². The monoisotopic (exact) mass is 224 g/mol. The molecule has 0 unspecified atom stereocenters. The molecule has 0 heterocycles. The predicted octanol–water partition coefficient (Wildman–Crippen LogP) is 0.934. The molecule has 0 fully saturated rings. The molecule has 0 aromatic heterocycles. The van der Waals surface area contributed by atoms with Crippen LogP contribution >= 0.6 is 0 Å². The minimum Gasteiger partial charge on any atom is -0.395 e. The van der Waals surface area contributed by atoms with E-state index in [9.17, 15) is 8.78 Å². The minimum atomic E-state index is -2.32. The Bertz CT molecular complexity index is 145. The molecule has 0 spiro atoms. The summed E-state index contributed by atoms with van der Waals surface area (Å²) in [4.78, 5) is 1.59. The van der Waals surface area contributed by atoms with Crippen LogP contribution < -0.4 is 5.32 Å². The summed E-state index contributed by atoms with van der Waals surface area (Å²) in [6.45, 7) is 5.53. The zero-order chi connectivity index (χ0) is 11.7. The third-order valence-electron chi connectivity index (χ3n) is 2.02. The Balaban J connectivity index is 3.56. The second-order valence-corrected chi connectivity index (χ2v) is 3.88. The van der Waals surface area contributed by atoms with Crippen molar-refractivity contribution >= 4 is 0 Å². The molecule has 0 amide bonds. The normalized spacial score (nSPS) is 12.0. The molecule has 0 atom stereocenters. The lowest BCUT2D eigenvalue weighted by Crippen LogP contribution is -2.34. The van der Waals surface area contributed by atoms with Crippen LogP contribution in [0.4, 0.5) is 8.78 Å². The highest BCUT2D eigenvalue weighted by Crippen LogP contribution is 1.99. The van der Waals surface area contributed by atoms with Gasteiger partial charge in [-0.3, -0.25) is 4.90 Å². The molecule has 0 bridgehead atoms. The second-order valence-electron chi connectivity index (χ2n) is 3.88. The number of rotatable bonds is 9. The molecule has 0 aliphatic rings. The SMILES string of the molecule is CC(C)NCCCN(CCO)CC(F)F. The van der Waals surface area contributed by atoms with Gasteiger partial charge in [0.25, 0.3) is 6.43 Å². The zero-order valence-corrected chi connectivity index (χ0v) is 9.55. The van der Waals surface area contributed by atoms with Crippen molar-refractivity contribution in [1.29, 1.82) is 0 Å². The van der Waals surface area contributed by atoms with Crippen molar-refractivity contribution in [3.8, 4) is 0 Å². The lowest BCUT2D eigenvalue weighted by Gasteiger charge is -2.20. The number of hydrogen-bond acceptors (Lipinski definition) is 3. The molecule has 0 saturated carbocycles. The van der Waals surface area contributed by atoms with E-state index in [0.717, 1.165) is 13.0 Å². The van der Waals surface area contributed by atoms with Crippen LogP contribution in [0.3, 0.4) is 0 Å². The van der Waals surface area contributed by atoms with E-state index < -0.39 is 6.43 Å². The van der Waals surface area contributed by atoms with Crippen molar-refractivity contribution in [2.24, 2.45) is 0 Å². The van der Waals surface area contributed by atoms with Gasteiger partial charge in [-0.15, -0.1) is 0 Å². The lowest BCUT2D eigenvalue weighted by molar-refractivity contribution is 0.0777. The van der Waals surface area contributed by atoms with Crippen molar-refractivity contribution in [3.05, 3.63) is 0 Å². The predicted molar refractivity (Wildman–Crippen MR) is 57.3 cm³/mol. The third kappa shape index (κ3) is 10.0. The van der Waals surface area contributed by atoms with Crippen LogP contribution in [-0.2, 0) is 0 Å². The summed E-state index contributed by atoms with van der Waals surface area (Å²) in [5.41, 5.74) is 0. The highest BCUT2D eigenvalue weighted by molar-refractivity contribution is 4.61.